The van der Waals surface area contributed by atoms with Gasteiger partial charge in [0.1, 0.15) is 5.82 Å². The quantitative estimate of drug-likeness (QED) is 0.822. The Balaban J connectivity index is 1.79. The molecule has 0 radical (unpaired) electrons. The standard InChI is InChI=1S/C13H17ClFNO/c14-12-5-1-3-11(13(12)15)4-2-6-16-7-9-17-10-8-16/h1,3,5H,2,4,6-10H2. The van der Waals surface area contributed by atoms with Gasteiger partial charge in [0, 0.05) is 13.1 Å². The molecule has 1 aromatic rings. The minimum Gasteiger partial charge on any atom is -0.379 e. The molecule has 0 spiro atoms. The van der Waals surface area contributed by atoms with E-state index in [1.165, 1.54) is 0 Å². The van der Waals surface area contributed by atoms with Crippen molar-refractivity contribution in [3.8, 4) is 0 Å². The maximum Gasteiger partial charge on any atom is 0.144 e. The molecule has 1 aliphatic heterocycles. The van der Waals surface area contributed by atoms with E-state index in [4.69, 9.17) is 16.3 Å². The van der Waals surface area contributed by atoms with Crippen LogP contribution >= 0.6 is 11.6 Å². The third-order valence-electron chi connectivity index (χ3n) is 3.06. The first kappa shape index (κ1) is 12.8. The van der Waals surface area contributed by atoms with Gasteiger partial charge in [-0.05, 0) is 31.0 Å². The molecule has 1 saturated heterocycles. The topological polar surface area (TPSA) is 12.5 Å². The molecular weight excluding hydrogens is 241 g/mol. The molecule has 0 saturated carbocycles. The molecule has 17 heavy (non-hydrogen) atoms. The monoisotopic (exact) mass is 257 g/mol. The van der Waals surface area contributed by atoms with Crippen LogP contribution in [-0.4, -0.2) is 37.7 Å². The van der Waals surface area contributed by atoms with Gasteiger partial charge in [0.25, 0.3) is 0 Å². The normalized spacial score (nSPS) is 17.3. The zero-order valence-electron chi connectivity index (χ0n) is 9.79. The van der Waals surface area contributed by atoms with Crippen LogP contribution in [0.3, 0.4) is 0 Å². The number of ether oxygens (including phenoxy) is 1. The van der Waals surface area contributed by atoms with Crippen LogP contribution in [0.2, 0.25) is 5.02 Å². The van der Waals surface area contributed by atoms with E-state index >= 15 is 0 Å². The number of morpholine rings is 1. The van der Waals surface area contributed by atoms with E-state index in [0.29, 0.717) is 5.56 Å². The maximum absolute atomic E-state index is 13.6. The van der Waals surface area contributed by atoms with Crippen molar-refractivity contribution in [1.82, 2.24) is 4.90 Å². The molecule has 0 bridgehead atoms. The minimum absolute atomic E-state index is 0.217. The predicted molar refractivity (Wildman–Crippen MR) is 67.0 cm³/mol. The van der Waals surface area contributed by atoms with Crippen LogP contribution in [0.25, 0.3) is 0 Å². The van der Waals surface area contributed by atoms with Gasteiger partial charge in [-0.25, -0.2) is 4.39 Å². The summed E-state index contributed by atoms with van der Waals surface area (Å²) in [5, 5.41) is 0.217. The second kappa shape index (κ2) is 6.34. The third kappa shape index (κ3) is 3.66. The van der Waals surface area contributed by atoms with E-state index in [2.05, 4.69) is 4.90 Å². The Morgan fingerprint density at radius 1 is 1.29 bits per heavy atom. The molecule has 2 nitrogen and oxygen atoms in total. The lowest BCUT2D eigenvalue weighted by molar-refractivity contribution is 0.0374. The predicted octanol–water partition coefficient (Wildman–Crippen LogP) is 2.74. The number of benzene rings is 1. The summed E-state index contributed by atoms with van der Waals surface area (Å²) in [6.07, 6.45) is 1.70. The molecule has 0 unspecified atom stereocenters. The van der Waals surface area contributed by atoms with Crippen LogP contribution in [0.5, 0.6) is 0 Å². The summed E-state index contributed by atoms with van der Waals surface area (Å²) in [4.78, 5) is 2.35. The summed E-state index contributed by atoms with van der Waals surface area (Å²) in [6.45, 7) is 4.59. The SMILES string of the molecule is Fc1c(Cl)cccc1CCCN1CCOCC1. The van der Waals surface area contributed by atoms with Gasteiger partial charge >= 0.3 is 0 Å². The smallest absolute Gasteiger partial charge is 0.144 e. The fourth-order valence-corrected chi connectivity index (χ4v) is 2.25. The van der Waals surface area contributed by atoms with E-state index in [1.807, 2.05) is 0 Å². The first-order valence-corrected chi connectivity index (χ1v) is 6.38. The first-order chi connectivity index (χ1) is 8.27. The Kier molecular flexibility index (Phi) is 4.77. The van der Waals surface area contributed by atoms with Crippen molar-refractivity contribution in [3.05, 3.63) is 34.6 Å². The van der Waals surface area contributed by atoms with Crippen LogP contribution in [0.15, 0.2) is 18.2 Å². The highest BCUT2D eigenvalue weighted by Gasteiger charge is 2.10. The summed E-state index contributed by atoms with van der Waals surface area (Å²) < 4.78 is 18.9. The van der Waals surface area contributed by atoms with Gasteiger partial charge in [0.2, 0.25) is 0 Å². The van der Waals surface area contributed by atoms with Gasteiger partial charge in [-0.2, -0.15) is 0 Å². The highest BCUT2D eigenvalue weighted by atomic mass is 35.5. The lowest BCUT2D eigenvalue weighted by Gasteiger charge is -2.26. The van der Waals surface area contributed by atoms with Gasteiger partial charge in [0.15, 0.2) is 0 Å². The summed E-state index contributed by atoms with van der Waals surface area (Å²) >= 11 is 5.74. The molecular formula is C13H17ClFNO. The summed E-state index contributed by atoms with van der Waals surface area (Å²) in [6, 6.07) is 5.19. The molecule has 94 valence electrons. The van der Waals surface area contributed by atoms with Crippen molar-refractivity contribution < 1.29 is 9.13 Å². The summed E-state index contributed by atoms with van der Waals surface area (Å²) in [7, 11) is 0. The lowest BCUT2D eigenvalue weighted by Crippen LogP contribution is -2.36. The average Bonchev–Trinajstić information content (AvgIpc) is 2.36. The van der Waals surface area contributed by atoms with Gasteiger partial charge in [-0.15, -0.1) is 0 Å². The van der Waals surface area contributed by atoms with Crippen LogP contribution in [0.4, 0.5) is 4.39 Å². The van der Waals surface area contributed by atoms with Crippen molar-refractivity contribution in [2.24, 2.45) is 0 Å². The van der Waals surface area contributed by atoms with Crippen LogP contribution in [0, 0.1) is 5.82 Å². The second-order valence-corrected chi connectivity index (χ2v) is 4.68. The molecule has 0 amide bonds. The number of aryl methyl sites for hydroxylation is 1. The number of rotatable bonds is 4. The largest absolute Gasteiger partial charge is 0.379 e. The van der Waals surface area contributed by atoms with Crippen molar-refractivity contribution in [3.63, 3.8) is 0 Å². The Bertz CT molecular complexity index is 366. The molecule has 1 fully saturated rings. The van der Waals surface area contributed by atoms with E-state index in [1.54, 1.807) is 18.2 Å². The highest BCUT2D eigenvalue weighted by molar-refractivity contribution is 6.30. The Labute approximate surface area is 106 Å². The molecule has 0 N–H and O–H groups in total. The zero-order chi connectivity index (χ0) is 12.1. The van der Waals surface area contributed by atoms with Crippen LogP contribution in [-0.2, 0) is 11.2 Å². The number of nitrogens with zero attached hydrogens (tertiary/aromatic N) is 1. The average molecular weight is 258 g/mol. The molecule has 0 aliphatic carbocycles. The molecule has 4 heteroatoms. The van der Waals surface area contributed by atoms with E-state index in [0.717, 1.165) is 45.7 Å². The van der Waals surface area contributed by atoms with Crippen LogP contribution < -0.4 is 0 Å². The third-order valence-corrected chi connectivity index (χ3v) is 3.35. The van der Waals surface area contributed by atoms with E-state index in [9.17, 15) is 4.39 Å². The van der Waals surface area contributed by atoms with Crippen molar-refractivity contribution >= 4 is 11.6 Å². The first-order valence-electron chi connectivity index (χ1n) is 6.00. The molecule has 0 aromatic heterocycles. The summed E-state index contributed by atoms with van der Waals surface area (Å²) in [5.74, 6) is -0.267. The van der Waals surface area contributed by atoms with E-state index in [-0.39, 0.29) is 10.8 Å². The molecule has 1 aromatic carbocycles. The summed E-state index contributed by atoms with van der Waals surface area (Å²) in [5.41, 5.74) is 0.714. The van der Waals surface area contributed by atoms with Crippen molar-refractivity contribution in [2.45, 2.75) is 12.8 Å². The lowest BCUT2D eigenvalue weighted by atomic mass is 10.1. The Morgan fingerprint density at radius 2 is 2.06 bits per heavy atom. The number of halogens is 2. The molecule has 0 atom stereocenters. The molecule has 1 aliphatic rings. The van der Waals surface area contributed by atoms with Crippen LogP contribution in [0.1, 0.15) is 12.0 Å². The van der Waals surface area contributed by atoms with Gasteiger partial charge in [-0.1, -0.05) is 23.7 Å². The molecule has 1 heterocycles. The zero-order valence-corrected chi connectivity index (χ0v) is 10.5. The number of hydrogen-bond acceptors (Lipinski definition) is 2. The Hall–Kier alpha value is -0.640. The van der Waals surface area contributed by atoms with Gasteiger partial charge < -0.3 is 4.74 Å². The Morgan fingerprint density at radius 3 is 2.82 bits per heavy atom. The second-order valence-electron chi connectivity index (χ2n) is 4.27. The van der Waals surface area contributed by atoms with Crippen molar-refractivity contribution in [1.29, 1.82) is 0 Å². The minimum atomic E-state index is -0.267. The number of hydrogen-bond donors (Lipinski definition) is 0. The molecule has 2 rings (SSSR count). The fourth-order valence-electron chi connectivity index (χ4n) is 2.06. The van der Waals surface area contributed by atoms with Gasteiger partial charge in [-0.3, -0.25) is 4.90 Å². The highest BCUT2D eigenvalue weighted by Crippen LogP contribution is 2.19. The van der Waals surface area contributed by atoms with Gasteiger partial charge in [0.05, 0.1) is 18.2 Å². The van der Waals surface area contributed by atoms with E-state index < -0.39 is 0 Å². The fraction of sp³-hybridized carbons (Fsp3) is 0.538. The van der Waals surface area contributed by atoms with Crippen molar-refractivity contribution in [2.75, 3.05) is 32.8 Å². The maximum atomic E-state index is 13.6.